The molecule has 1 atom stereocenters. The molecule has 86 valence electrons. The molecule has 1 amide bonds. The van der Waals surface area contributed by atoms with Gasteiger partial charge in [0, 0.05) is 26.2 Å². The fourth-order valence-electron chi connectivity index (χ4n) is 2.22. The molecule has 1 N–H and O–H groups in total. The molecule has 2 heterocycles. The number of nitrogens with zero attached hydrogens (tertiary/aromatic N) is 1. The minimum Gasteiger partial charge on any atom is -0.378 e. The SMILES string of the molecule is O=C1CNCCN1CCC1CCCCO1. The Morgan fingerprint density at radius 3 is 3.13 bits per heavy atom. The summed E-state index contributed by atoms with van der Waals surface area (Å²) in [4.78, 5) is 13.4. The minimum absolute atomic E-state index is 0.233. The third-order valence-corrected chi connectivity index (χ3v) is 3.18. The Kier molecular flexibility index (Phi) is 3.97. The van der Waals surface area contributed by atoms with Crippen LogP contribution in [0.4, 0.5) is 0 Å². The van der Waals surface area contributed by atoms with Gasteiger partial charge in [-0.15, -0.1) is 0 Å². The van der Waals surface area contributed by atoms with Crippen LogP contribution in [0.3, 0.4) is 0 Å². The quantitative estimate of drug-likeness (QED) is 0.735. The van der Waals surface area contributed by atoms with Gasteiger partial charge in [0.15, 0.2) is 0 Å². The van der Waals surface area contributed by atoms with Gasteiger partial charge in [-0.05, 0) is 25.7 Å². The Balaban J connectivity index is 1.69. The standard InChI is InChI=1S/C11H20N2O2/c14-11-9-12-5-7-13(11)6-4-10-3-1-2-8-15-10/h10,12H,1-9H2. The predicted molar refractivity (Wildman–Crippen MR) is 57.7 cm³/mol. The first-order valence-electron chi connectivity index (χ1n) is 5.96. The van der Waals surface area contributed by atoms with E-state index in [9.17, 15) is 4.79 Å². The van der Waals surface area contributed by atoms with E-state index in [1.165, 1.54) is 19.3 Å². The third kappa shape index (κ3) is 3.18. The Labute approximate surface area is 91.0 Å². The highest BCUT2D eigenvalue weighted by Gasteiger charge is 2.20. The van der Waals surface area contributed by atoms with Gasteiger partial charge in [-0.3, -0.25) is 4.79 Å². The molecule has 0 aromatic carbocycles. The first-order valence-corrected chi connectivity index (χ1v) is 5.96. The second kappa shape index (κ2) is 5.47. The van der Waals surface area contributed by atoms with Gasteiger partial charge in [0.25, 0.3) is 0 Å². The lowest BCUT2D eigenvalue weighted by Gasteiger charge is -2.30. The molecule has 0 spiro atoms. The monoisotopic (exact) mass is 212 g/mol. The summed E-state index contributed by atoms with van der Waals surface area (Å²) in [5.74, 6) is 0.233. The van der Waals surface area contributed by atoms with Crippen molar-refractivity contribution < 1.29 is 9.53 Å². The molecule has 2 aliphatic heterocycles. The summed E-state index contributed by atoms with van der Waals surface area (Å²) in [7, 11) is 0. The number of carbonyl (C=O) groups excluding carboxylic acids is 1. The molecule has 1 unspecified atom stereocenters. The second-order valence-electron chi connectivity index (χ2n) is 4.33. The Morgan fingerprint density at radius 1 is 1.47 bits per heavy atom. The summed E-state index contributed by atoms with van der Waals surface area (Å²) in [6.07, 6.45) is 5.04. The summed E-state index contributed by atoms with van der Waals surface area (Å²) < 4.78 is 5.65. The van der Waals surface area contributed by atoms with Crippen molar-refractivity contribution in [2.24, 2.45) is 0 Å². The van der Waals surface area contributed by atoms with E-state index < -0.39 is 0 Å². The zero-order valence-corrected chi connectivity index (χ0v) is 9.21. The lowest BCUT2D eigenvalue weighted by atomic mass is 10.1. The van der Waals surface area contributed by atoms with Crippen LogP contribution in [0.5, 0.6) is 0 Å². The summed E-state index contributed by atoms with van der Waals surface area (Å²) >= 11 is 0. The lowest BCUT2D eigenvalue weighted by Crippen LogP contribution is -2.48. The van der Waals surface area contributed by atoms with Crippen LogP contribution in [0.25, 0.3) is 0 Å². The average molecular weight is 212 g/mol. The largest absolute Gasteiger partial charge is 0.378 e. The topological polar surface area (TPSA) is 41.6 Å². The highest BCUT2D eigenvalue weighted by molar-refractivity contribution is 5.78. The number of rotatable bonds is 3. The smallest absolute Gasteiger partial charge is 0.236 e. The van der Waals surface area contributed by atoms with Gasteiger partial charge in [-0.2, -0.15) is 0 Å². The van der Waals surface area contributed by atoms with E-state index in [1.54, 1.807) is 0 Å². The average Bonchev–Trinajstić information content (AvgIpc) is 2.29. The van der Waals surface area contributed by atoms with E-state index in [2.05, 4.69) is 5.32 Å². The van der Waals surface area contributed by atoms with Crippen molar-refractivity contribution in [2.75, 3.05) is 32.8 Å². The van der Waals surface area contributed by atoms with Crippen LogP contribution in [0.15, 0.2) is 0 Å². The van der Waals surface area contributed by atoms with Gasteiger partial charge in [-0.1, -0.05) is 0 Å². The van der Waals surface area contributed by atoms with Crippen molar-refractivity contribution in [1.82, 2.24) is 10.2 Å². The Bertz CT molecular complexity index is 215. The van der Waals surface area contributed by atoms with Gasteiger partial charge < -0.3 is 15.0 Å². The third-order valence-electron chi connectivity index (χ3n) is 3.18. The van der Waals surface area contributed by atoms with Crippen LogP contribution >= 0.6 is 0 Å². The van der Waals surface area contributed by atoms with E-state index in [1.807, 2.05) is 4.90 Å². The predicted octanol–water partition coefficient (Wildman–Crippen LogP) is 0.377. The Hall–Kier alpha value is -0.610. The zero-order valence-electron chi connectivity index (χ0n) is 9.21. The molecule has 0 bridgehead atoms. The van der Waals surface area contributed by atoms with Crippen LogP contribution in [0, 0.1) is 0 Å². The van der Waals surface area contributed by atoms with E-state index in [0.29, 0.717) is 12.6 Å². The van der Waals surface area contributed by atoms with Crippen LogP contribution in [0.2, 0.25) is 0 Å². The van der Waals surface area contributed by atoms with Crippen molar-refractivity contribution >= 4 is 5.91 Å². The first kappa shape index (κ1) is 10.9. The fourth-order valence-corrected chi connectivity index (χ4v) is 2.22. The number of amides is 1. The van der Waals surface area contributed by atoms with Crippen molar-refractivity contribution in [2.45, 2.75) is 31.8 Å². The maximum atomic E-state index is 11.5. The molecule has 2 aliphatic rings. The molecule has 2 rings (SSSR count). The van der Waals surface area contributed by atoms with Crippen LogP contribution < -0.4 is 5.32 Å². The van der Waals surface area contributed by atoms with E-state index in [-0.39, 0.29) is 5.91 Å². The molecule has 0 aromatic rings. The van der Waals surface area contributed by atoms with Crippen molar-refractivity contribution in [3.8, 4) is 0 Å². The maximum absolute atomic E-state index is 11.5. The molecule has 2 fully saturated rings. The number of hydrogen-bond donors (Lipinski definition) is 1. The molecule has 15 heavy (non-hydrogen) atoms. The van der Waals surface area contributed by atoms with Crippen LogP contribution in [-0.2, 0) is 9.53 Å². The minimum atomic E-state index is 0.233. The molecule has 0 radical (unpaired) electrons. The lowest BCUT2D eigenvalue weighted by molar-refractivity contribution is -0.132. The number of piperazine rings is 1. The van der Waals surface area contributed by atoms with Crippen molar-refractivity contribution in [1.29, 1.82) is 0 Å². The molecule has 0 aromatic heterocycles. The van der Waals surface area contributed by atoms with E-state index in [4.69, 9.17) is 4.74 Å². The molecular weight excluding hydrogens is 192 g/mol. The highest BCUT2D eigenvalue weighted by atomic mass is 16.5. The molecule has 2 saturated heterocycles. The highest BCUT2D eigenvalue weighted by Crippen LogP contribution is 2.16. The molecule has 4 heteroatoms. The van der Waals surface area contributed by atoms with E-state index >= 15 is 0 Å². The van der Waals surface area contributed by atoms with Crippen molar-refractivity contribution in [3.05, 3.63) is 0 Å². The van der Waals surface area contributed by atoms with Gasteiger partial charge in [0.2, 0.25) is 5.91 Å². The summed E-state index contributed by atoms with van der Waals surface area (Å²) in [6, 6.07) is 0. The first-order chi connectivity index (χ1) is 7.36. The number of nitrogens with one attached hydrogen (secondary N) is 1. The second-order valence-corrected chi connectivity index (χ2v) is 4.33. The molecule has 0 aliphatic carbocycles. The summed E-state index contributed by atoms with van der Waals surface area (Å²) in [6.45, 7) is 4.06. The van der Waals surface area contributed by atoms with Gasteiger partial charge in [0.1, 0.15) is 0 Å². The zero-order chi connectivity index (χ0) is 10.5. The van der Waals surface area contributed by atoms with Gasteiger partial charge in [0.05, 0.1) is 12.6 Å². The molecular formula is C11H20N2O2. The summed E-state index contributed by atoms with van der Waals surface area (Å²) in [5, 5.41) is 3.08. The van der Waals surface area contributed by atoms with Crippen molar-refractivity contribution in [3.63, 3.8) is 0 Å². The van der Waals surface area contributed by atoms with Gasteiger partial charge >= 0.3 is 0 Å². The fraction of sp³-hybridized carbons (Fsp3) is 0.909. The van der Waals surface area contributed by atoms with Gasteiger partial charge in [-0.25, -0.2) is 0 Å². The maximum Gasteiger partial charge on any atom is 0.236 e. The molecule has 0 saturated carbocycles. The number of hydrogen-bond acceptors (Lipinski definition) is 3. The van der Waals surface area contributed by atoms with Crippen LogP contribution in [0.1, 0.15) is 25.7 Å². The number of carbonyl (C=O) groups is 1. The summed E-state index contributed by atoms with van der Waals surface area (Å²) in [5.41, 5.74) is 0. The Morgan fingerprint density at radius 2 is 2.40 bits per heavy atom. The normalized spacial score (nSPS) is 28.1. The number of ether oxygens (including phenoxy) is 1. The van der Waals surface area contributed by atoms with Crippen LogP contribution in [-0.4, -0.2) is 49.7 Å². The molecule has 4 nitrogen and oxygen atoms in total. The van der Waals surface area contributed by atoms with E-state index in [0.717, 1.165) is 32.7 Å².